The van der Waals surface area contributed by atoms with Crippen LogP contribution >= 0.6 is 11.6 Å². The molecule has 1 N–H and O–H groups in total. The molecule has 0 saturated carbocycles. The average Bonchev–Trinajstić information content (AvgIpc) is 2.51. The van der Waals surface area contributed by atoms with Gasteiger partial charge in [-0.2, -0.15) is 5.10 Å². The van der Waals surface area contributed by atoms with E-state index >= 15 is 0 Å². The van der Waals surface area contributed by atoms with E-state index < -0.39 is 0 Å². The number of hydrogen-bond donors (Lipinski definition) is 1. The summed E-state index contributed by atoms with van der Waals surface area (Å²) >= 11 is 6.28. The Kier molecular flexibility index (Phi) is 4.62. The second-order valence-electron chi connectivity index (χ2n) is 5.37. The highest BCUT2D eigenvalue weighted by Gasteiger charge is 2.28. The minimum absolute atomic E-state index is 0.250. The highest BCUT2D eigenvalue weighted by molar-refractivity contribution is 6.30. The molecule has 0 aliphatic heterocycles. The fourth-order valence-electron chi connectivity index (χ4n) is 2.13. The molecule has 1 aromatic heterocycles. The highest BCUT2D eigenvalue weighted by Crippen LogP contribution is 2.30. The van der Waals surface area contributed by atoms with Crippen LogP contribution in [0.25, 0.3) is 0 Å². The van der Waals surface area contributed by atoms with Gasteiger partial charge in [0.1, 0.15) is 5.15 Å². The van der Waals surface area contributed by atoms with E-state index in [1.807, 2.05) is 21.0 Å². The first-order chi connectivity index (χ1) is 7.83. The molecule has 1 unspecified atom stereocenters. The maximum Gasteiger partial charge on any atom is 0.130 e. The summed E-state index contributed by atoms with van der Waals surface area (Å²) in [6.07, 6.45) is 2.06. The van der Waals surface area contributed by atoms with Crippen molar-refractivity contribution >= 4 is 11.6 Å². The summed E-state index contributed by atoms with van der Waals surface area (Å²) in [6, 6.07) is 0.410. The monoisotopic (exact) mass is 257 g/mol. The smallest absolute Gasteiger partial charge is 0.130 e. The van der Waals surface area contributed by atoms with Gasteiger partial charge in [0.05, 0.1) is 5.69 Å². The Bertz CT molecular complexity index is 382. The third-order valence-corrected chi connectivity index (χ3v) is 4.35. The lowest BCUT2D eigenvalue weighted by molar-refractivity contribution is 0.240. The lowest BCUT2D eigenvalue weighted by atomic mass is 9.79. The van der Waals surface area contributed by atoms with Crippen LogP contribution in [0.4, 0.5) is 0 Å². The van der Waals surface area contributed by atoms with E-state index in [9.17, 15) is 0 Å². The molecule has 1 atom stereocenters. The molecule has 3 nitrogen and oxygen atoms in total. The average molecular weight is 258 g/mol. The van der Waals surface area contributed by atoms with E-state index in [-0.39, 0.29) is 5.41 Å². The topological polar surface area (TPSA) is 29.9 Å². The molecule has 0 spiro atoms. The Morgan fingerprint density at radius 1 is 1.47 bits per heavy atom. The van der Waals surface area contributed by atoms with E-state index in [1.54, 1.807) is 4.68 Å². The Labute approximate surface area is 110 Å². The van der Waals surface area contributed by atoms with Gasteiger partial charge >= 0.3 is 0 Å². The standard InChI is InChI=1S/C13H24ClN3/c1-7-13(3,4)11(15-5)8-10-9(2)16-17(6)12(10)14/h11,15H,7-8H2,1-6H3. The number of hydrogen-bond acceptors (Lipinski definition) is 2. The molecule has 4 heteroatoms. The molecule has 0 fully saturated rings. The van der Waals surface area contributed by atoms with Gasteiger partial charge in [-0.25, -0.2) is 0 Å². The summed E-state index contributed by atoms with van der Waals surface area (Å²) < 4.78 is 1.75. The number of rotatable bonds is 5. The van der Waals surface area contributed by atoms with Crippen LogP contribution in [0, 0.1) is 12.3 Å². The second-order valence-corrected chi connectivity index (χ2v) is 5.72. The highest BCUT2D eigenvalue weighted by atomic mass is 35.5. The second kappa shape index (κ2) is 5.40. The van der Waals surface area contributed by atoms with Crippen LogP contribution in [0.3, 0.4) is 0 Å². The minimum Gasteiger partial charge on any atom is -0.316 e. The van der Waals surface area contributed by atoms with Crippen LogP contribution in [0.5, 0.6) is 0 Å². The normalized spacial score (nSPS) is 14.1. The van der Waals surface area contributed by atoms with Gasteiger partial charge in [0.2, 0.25) is 0 Å². The summed E-state index contributed by atoms with van der Waals surface area (Å²) in [6.45, 7) is 8.82. The molecule has 0 amide bonds. The molecular formula is C13H24ClN3. The van der Waals surface area contributed by atoms with Crippen LogP contribution < -0.4 is 5.32 Å². The quantitative estimate of drug-likeness (QED) is 0.879. The van der Waals surface area contributed by atoms with Gasteiger partial charge in [-0.3, -0.25) is 4.68 Å². The van der Waals surface area contributed by atoms with Crippen LogP contribution in [0.2, 0.25) is 5.15 Å². The predicted molar refractivity (Wildman–Crippen MR) is 73.6 cm³/mol. The van der Waals surface area contributed by atoms with Crippen LogP contribution in [0.15, 0.2) is 0 Å². The van der Waals surface area contributed by atoms with Crippen molar-refractivity contribution in [2.75, 3.05) is 7.05 Å². The summed E-state index contributed by atoms with van der Waals surface area (Å²) in [4.78, 5) is 0. The van der Waals surface area contributed by atoms with Gasteiger partial charge in [0, 0.05) is 18.7 Å². The maximum absolute atomic E-state index is 6.28. The molecule has 1 heterocycles. The van der Waals surface area contributed by atoms with E-state index in [0.717, 1.165) is 29.3 Å². The predicted octanol–water partition coefficient (Wildman–Crippen LogP) is 2.95. The number of halogens is 1. The first-order valence-corrected chi connectivity index (χ1v) is 6.56. The lowest BCUT2D eigenvalue weighted by Gasteiger charge is -2.33. The molecule has 0 radical (unpaired) electrons. The molecule has 1 aromatic rings. The van der Waals surface area contributed by atoms with Gasteiger partial charge in [0.25, 0.3) is 0 Å². The first kappa shape index (κ1) is 14.5. The molecule has 17 heavy (non-hydrogen) atoms. The summed E-state index contributed by atoms with van der Waals surface area (Å²) in [5.41, 5.74) is 2.44. The van der Waals surface area contributed by atoms with Crippen LogP contribution in [-0.2, 0) is 13.5 Å². The Morgan fingerprint density at radius 3 is 2.41 bits per heavy atom. The summed E-state index contributed by atoms with van der Waals surface area (Å²) in [5.74, 6) is 0. The maximum atomic E-state index is 6.28. The Hall–Kier alpha value is -0.540. The number of nitrogens with one attached hydrogen (secondary N) is 1. The molecule has 0 aromatic carbocycles. The molecule has 0 aliphatic carbocycles. The number of aryl methyl sites for hydroxylation is 2. The lowest BCUT2D eigenvalue weighted by Crippen LogP contribution is -2.41. The van der Waals surface area contributed by atoms with E-state index in [4.69, 9.17) is 11.6 Å². The van der Waals surface area contributed by atoms with Crippen molar-refractivity contribution in [1.29, 1.82) is 0 Å². The van der Waals surface area contributed by atoms with Gasteiger partial charge in [-0.05, 0) is 32.2 Å². The zero-order valence-electron chi connectivity index (χ0n) is 11.8. The fraction of sp³-hybridized carbons (Fsp3) is 0.769. The van der Waals surface area contributed by atoms with E-state index in [0.29, 0.717) is 6.04 Å². The van der Waals surface area contributed by atoms with Gasteiger partial charge in [0.15, 0.2) is 0 Å². The van der Waals surface area contributed by atoms with Crippen molar-refractivity contribution < 1.29 is 0 Å². The van der Waals surface area contributed by atoms with Crippen molar-refractivity contribution in [3.8, 4) is 0 Å². The Morgan fingerprint density at radius 2 is 2.06 bits per heavy atom. The van der Waals surface area contributed by atoms with Crippen LogP contribution in [0.1, 0.15) is 38.4 Å². The first-order valence-electron chi connectivity index (χ1n) is 6.18. The third kappa shape index (κ3) is 3.02. The fourth-order valence-corrected chi connectivity index (χ4v) is 2.38. The molecule has 0 bridgehead atoms. The van der Waals surface area contributed by atoms with Crippen molar-refractivity contribution in [2.45, 2.75) is 46.6 Å². The van der Waals surface area contributed by atoms with Crippen molar-refractivity contribution in [3.63, 3.8) is 0 Å². The zero-order chi connectivity index (χ0) is 13.2. The SMILES string of the molecule is CCC(C)(C)C(Cc1c(C)nn(C)c1Cl)NC. The van der Waals surface area contributed by atoms with Gasteiger partial charge in [-0.15, -0.1) is 0 Å². The van der Waals surface area contributed by atoms with E-state index in [2.05, 4.69) is 31.2 Å². The summed E-state index contributed by atoms with van der Waals surface area (Å²) in [5, 5.41) is 8.53. The van der Waals surface area contributed by atoms with Crippen molar-refractivity contribution in [2.24, 2.45) is 12.5 Å². The van der Waals surface area contributed by atoms with E-state index in [1.165, 1.54) is 0 Å². The minimum atomic E-state index is 0.250. The molecule has 0 aliphatic rings. The van der Waals surface area contributed by atoms with Gasteiger partial charge < -0.3 is 5.32 Å². The van der Waals surface area contributed by atoms with Gasteiger partial charge in [-0.1, -0.05) is 32.4 Å². The number of nitrogens with zero attached hydrogens (tertiary/aromatic N) is 2. The number of likely N-dealkylation sites (N-methyl/N-ethyl adjacent to an activating group) is 1. The molecular weight excluding hydrogens is 234 g/mol. The third-order valence-electron chi connectivity index (χ3n) is 3.88. The molecule has 0 saturated heterocycles. The van der Waals surface area contributed by atoms with Crippen molar-refractivity contribution in [1.82, 2.24) is 15.1 Å². The molecule has 98 valence electrons. The molecule has 1 rings (SSSR count). The van der Waals surface area contributed by atoms with Crippen LogP contribution in [-0.4, -0.2) is 22.9 Å². The number of aromatic nitrogens is 2. The largest absolute Gasteiger partial charge is 0.316 e. The summed E-state index contributed by atoms with van der Waals surface area (Å²) in [7, 11) is 3.90. The Balaban J connectivity index is 2.96. The zero-order valence-corrected chi connectivity index (χ0v) is 12.5. The van der Waals surface area contributed by atoms with Crippen molar-refractivity contribution in [3.05, 3.63) is 16.4 Å².